The van der Waals surface area contributed by atoms with E-state index in [2.05, 4.69) is 25.3 Å². The molecule has 0 amide bonds. The Kier molecular flexibility index (Phi) is 30.8. The number of carbonyl (C=O) groups is 2. The van der Waals surface area contributed by atoms with Gasteiger partial charge in [-0.25, -0.2) is 55.5 Å². The molecule has 0 aliphatic carbocycles. The SMILES string of the molecule is CC(=O)CCl.CC(=O)CSC#N.CNc1nc(C)c(S(N)(=O)=O)s1.Cc1csc(Cl)n1.Cc1nc(Cl)sc1S(=O)(=O)Cl.Cc1nc(Cl)sc1S(N)(=O)=O.[B][BH3-]. The molecule has 0 atom stereocenters. The van der Waals surface area contributed by atoms with Crippen molar-refractivity contribution in [1.29, 1.82) is 5.26 Å². The molecule has 4 aromatic heterocycles. The highest BCUT2D eigenvalue weighted by molar-refractivity contribution is 8.15. The minimum Gasteiger partial charge on any atom is -0.365 e. The smallest absolute Gasteiger partial charge is 0.272 e. The first-order chi connectivity index (χ1) is 25.1. The fourth-order valence-electron chi connectivity index (χ4n) is 2.40. The summed E-state index contributed by atoms with van der Waals surface area (Å²) < 4.78 is 66.0. The van der Waals surface area contributed by atoms with Crippen molar-refractivity contribution in [3.05, 3.63) is 41.6 Å². The molecule has 5 N–H and O–H groups in total. The van der Waals surface area contributed by atoms with Crippen molar-refractivity contribution < 1.29 is 34.8 Å². The Balaban J connectivity index is -0.000000597. The van der Waals surface area contributed by atoms with Crippen molar-refractivity contribution in [1.82, 2.24) is 19.9 Å². The zero-order valence-electron chi connectivity index (χ0n) is 28.9. The number of anilines is 1. The zero-order valence-corrected chi connectivity index (χ0v) is 39.2. The monoisotopic (exact) mass is 1010 g/mol. The highest BCUT2D eigenvalue weighted by Crippen LogP contribution is 2.29. The van der Waals surface area contributed by atoms with Gasteiger partial charge in [0, 0.05) is 28.8 Å². The molecule has 4 rings (SSSR count). The number of thioether (sulfide) groups is 1. The van der Waals surface area contributed by atoms with E-state index < -0.39 is 29.1 Å². The Morgan fingerprint density at radius 1 is 0.818 bits per heavy atom. The molecule has 0 aliphatic heterocycles. The topological polar surface area (TPSA) is 276 Å². The summed E-state index contributed by atoms with van der Waals surface area (Å²) in [5, 5.41) is 24.7. The highest BCUT2D eigenvalue weighted by Gasteiger charge is 2.19. The molecule has 0 bridgehead atoms. The number of sulfonamides is 2. The minimum atomic E-state index is -3.67. The maximum Gasteiger partial charge on any atom is 0.272 e. The van der Waals surface area contributed by atoms with Crippen LogP contribution in [0.3, 0.4) is 0 Å². The van der Waals surface area contributed by atoms with E-state index >= 15 is 0 Å². The number of hydrogen-bond donors (Lipinski definition) is 3. The maximum absolute atomic E-state index is 10.9. The number of primary sulfonamides is 2. The second kappa shape index (κ2) is 29.1. The molecule has 2 radical (unpaired) electrons. The fourth-order valence-corrected chi connectivity index (χ4v) is 10.1. The number of hydrogen-bond acceptors (Lipinski definition) is 19. The molecule has 0 fully saturated rings. The van der Waals surface area contributed by atoms with E-state index in [0.717, 1.165) is 51.5 Å². The number of rotatable bonds is 7. The largest absolute Gasteiger partial charge is 0.365 e. The maximum atomic E-state index is 10.9. The third kappa shape index (κ3) is 28.0. The molecule has 308 valence electrons. The number of halogens is 5. The fraction of sp³-hybridized carbons (Fsp3) is 0.375. The van der Waals surface area contributed by atoms with E-state index in [-0.39, 0.29) is 46.7 Å². The summed E-state index contributed by atoms with van der Waals surface area (Å²) in [4.78, 5) is 35.0. The predicted octanol–water partition coefficient (Wildman–Crippen LogP) is 5.07. The number of nitrogens with one attached hydrogen (secondary N) is 1. The van der Waals surface area contributed by atoms with Crippen molar-refractivity contribution in [3.8, 4) is 5.40 Å². The van der Waals surface area contributed by atoms with Crippen LogP contribution in [-0.2, 0) is 38.7 Å². The van der Waals surface area contributed by atoms with Gasteiger partial charge in [-0.2, -0.15) is 13.0 Å². The number of alkyl halides is 1. The zero-order chi connectivity index (χ0) is 43.9. The number of aromatic nitrogens is 4. The van der Waals surface area contributed by atoms with E-state index in [1.54, 1.807) is 26.3 Å². The van der Waals surface area contributed by atoms with Crippen LogP contribution in [0, 0.1) is 38.4 Å². The number of Topliss-reactive ketones (excluding diaryl/α,β-unsaturated/α-hetero) is 2. The normalized spacial score (nSPS) is 10.2. The van der Waals surface area contributed by atoms with Crippen molar-refractivity contribution in [2.75, 3.05) is 24.0 Å². The van der Waals surface area contributed by atoms with Crippen LogP contribution in [0.1, 0.15) is 36.6 Å². The van der Waals surface area contributed by atoms with Gasteiger partial charge in [0.05, 0.1) is 28.7 Å². The Morgan fingerprint density at radius 3 is 1.36 bits per heavy atom. The van der Waals surface area contributed by atoms with E-state index in [0.29, 0.717) is 32.4 Å². The van der Waals surface area contributed by atoms with Crippen LogP contribution in [0.2, 0.25) is 13.4 Å². The van der Waals surface area contributed by atoms with Gasteiger partial charge in [0.15, 0.2) is 31.2 Å². The summed E-state index contributed by atoms with van der Waals surface area (Å²) in [5.74, 6) is 0.523. The number of nitrogens with two attached hydrogens (primary N) is 2. The third-order valence-electron chi connectivity index (χ3n) is 4.28. The molecule has 4 heterocycles. The summed E-state index contributed by atoms with van der Waals surface area (Å²) in [5.41, 5.74) is 2.12. The minimum absolute atomic E-state index is 0.0177. The second-order valence-electron chi connectivity index (χ2n) is 9.01. The predicted molar refractivity (Wildman–Crippen MR) is 234 cm³/mol. The molecule has 4 aromatic rings. The van der Waals surface area contributed by atoms with Crippen LogP contribution in [0.15, 0.2) is 18.0 Å². The van der Waals surface area contributed by atoms with Crippen LogP contribution in [0.4, 0.5) is 5.13 Å². The highest BCUT2D eigenvalue weighted by atomic mass is 35.7. The van der Waals surface area contributed by atoms with Crippen LogP contribution in [0.25, 0.3) is 0 Å². The lowest BCUT2D eigenvalue weighted by molar-refractivity contribution is -0.115. The number of aryl methyl sites for hydroxylation is 4. The van der Waals surface area contributed by atoms with Crippen LogP contribution >= 0.6 is 114 Å². The molecular formula is C24H34B2Cl5N8O8S8-. The lowest BCUT2D eigenvalue weighted by Crippen LogP contribution is -2.11. The van der Waals surface area contributed by atoms with Crippen molar-refractivity contribution >= 4 is 175 Å². The first kappa shape index (κ1) is 58.2. The average Bonchev–Trinajstić information content (AvgIpc) is 3.83. The number of thiocyanates is 1. The van der Waals surface area contributed by atoms with E-state index in [1.807, 2.05) is 12.3 Å². The van der Waals surface area contributed by atoms with Gasteiger partial charge < -0.3 is 5.32 Å². The van der Waals surface area contributed by atoms with Crippen molar-refractivity contribution in [2.45, 2.75) is 54.2 Å². The van der Waals surface area contributed by atoms with Gasteiger partial charge in [-0.1, -0.05) is 76.6 Å². The summed E-state index contributed by atoms with van der Waals surface area (Å²) in [6, 6.07) is 0. The molecule has 0 aliphatic rings. The molecule has 0 spiro atoms. The molecular weight excluding hydrogens is 984 g/mol. The first-order valence-corrected chi connectivity index (χ1v) is 24.5. The Labute approximate surface area is 367 Å². The lowest BCUT2D eigenvalue weighted by atomic mass is 9.81. The summed E-state index contributed by atoms with van der Waals surface area (Å²) in [6.45, 7) is 9.52. The molecule has 31 heteroatoms. The van der Waals surface area contributed by atoms with Gasteiger partial charge in [0.2, 0.25) is 20.0 Å². The third-order valence-corrected chi connectivity index (χ3v) is 15.4. The Morgan fingerprint density at radius 2 is 1.22 bits per heavy atom. The van der Waals surface area contributed by atoms with Gasteiger partial charge in [-0.3, -0.25) is 9.59 Å². The number of nitriles is 1. The Hall–Kier alpha value is -1.15. The number of nitrogens with zero attached hydrogens (tertiary/aromatic N) is 5. The summed E-state index contributed by atoms with van der Waals surface area (Å²) in [6.07, 6.45) is 0. The average molecular weight is 1020 g/mol. The van der Waals surface area contributed by atoms with Crippen LogP contribution < -0.4 is 15.6 Å². The van der Waals surface area contributed by atoms with E-state index in [1.165, 1.54) is 32.1 Å². The van der Waals surface area contributed by atoms with E-state index in [9.17, 15) is 34.8 Å². The van der Waals surface area contributed by atoms with Gasteiger partial charge >= 0.3 is 0 Å². The number of thiazole rings is 4. The molecule has 0 saturated heterocycles. The van der Waals surface area contributed by atoms with E-state index in [4.69, 9.17) is 80.4 Å². The van der Waals surface area contributed by atoms with Crippen LogP contribution in [0.5, 0.6) is 0 Å². The first-order valence-electron chi connectivity index (χ1n) is 13.1. The molecule has 0 saturated carbocycles. The molecule has 0 unspecified atom stereocenters. The standard InChI is InChI=1S/C5H9N3O2S2.C4H3Cl2NO2S2.C4H5ClN2O2S2.C4H4ClNS.C4H5NOS.C3H5ClO.B2H3/c1-3-4(12(6,9)10)11-5(7-2)8-3;2*1-2-3(11(6,8)9)10-4(5)7-2;1-3-2-7-4(5)6-3;1-4(6)2-7-3-5;1-3(5)2-4;1-2/h1-2H3,(H,7,8)(H2,6,9,10);1H3;1H3,(H2,6,8,9);2H,1H3;2H2,1H3;2H2,1H3;1H3/q;;;;;;-1. The molecule has 0 aromatic carbocycles. The Bertz CT molecular complexity index is 2090. The number of ketones is 2. The summed E-state index contributed by atoms with van der Waals surface area (Å²) >= 11 is 26.6. The molecule has 55 heavy (non-hydrogen) atoms. The number of carbonyl (C=O) groups excluding carboxylic acids is 2. The van der Waals surface area contributed by atoms with Crippen molar-refractivity contribution in [2.24, 2.45) is 10.3 Å². The van der Waals surface area contributed by atoms with Gasteiger partial charge in [0.25, 0.3) is 9.05 Å². The van der Waals surface area contributed by atoms with Gasteiger partial charge in [-0.15, -0.1) is 22.9 Å². The quantitative estimate of drug-likeness (QED) is 0.0944. The summed E-state index contributed by atoms with van der Waals surface area (Å²) in [7, 11) is 0.816. The molecule has 16 nitrogen and oxygen atoms in total. The van der Waals surface area contributed by atoms with Gasteiger partial charge in [0.1, 0.15) is 17.0 Å². The lowest BCUT2D eigenvalue weighted by Gasteiger charge is -1.90. The van der Waals surface area contributed by atoms with Crippen molar-refractivity contribution in [3.63, 3.8) is 0 Å². The second-order valence-corrected chi connectivity index (χ2v) is 21.9. The van der Waals surface area contributed by atoms with Crippen LogP contribution in [-0.4, -0.2) is 90.9 Å². The van der Waals surface area contributed by atoms with Gasteiger partial charge in [-0.05, 0) is 53.3 Å².